The average molecular weight is 358 g/mol. The van der Waals surface area contributed by atoms with Crippen molar-refractivity contribution in [3.05, 3.63) is 16.6 Å². The van der Waals surface area contributed by atoms with Crippen LogP contribution < -0.4 is 15.4 Å². The summed E-state index contributed by atoms with van der Waals surface area (Å²) in [4.78, 5) is 15.9. The van der Waals surface area contributed by atoms with Crippen molar-refractivity contribution in [2.75, 3.05) is 11.9 Å². The van der Waals surface area contributed by atoms with Crippen LogP contribution in [0.2, 0.25) is 0 Å². The van der Waals surface area contributed by atoms with Crippen LogP contribution in [0, 0.1) is 0 Å². The fourth-order valence-corrected chi connectivity index (χ4v) is 3.15. The quantitative estimate of drug-likeness (QED) is 0.869. The third-order valence-corrected chi connectivity index (χ3v) is 3.99. The van der Waals surface area contributed by atoms with E-state index in [9.17, 15) is 4.79 Å². The number of rotatable bonds is 4. The Balaban J connectivity index is 2.35. The van der Waals surface area contributed by atoms with Crippen molar-refractivity contribution in [1.82, 2.24) is 10.3 Å². The highest BCUT2D eigenvalue weighted by molar-refractivity contribution is 9.10. The highest BCUT2D eigenvalue weighted by Gasteiger charge is 2.14. The van der Waals surface area contributed by atoms with E-state index in [-0.39, 0.29) is 12.1 Å². The monoisotopic (exact) mass is 357 g/mol. The predicted octanol–water partition coefficient (Wildman–Crippen LogP) is 3.99. The SMILES string of the molecule is CCNC(=O)Nc1nc2ccc(Br)c(OC(C)C)c2s1. The van der Waals surface area contributed by atoms with Crippen molar-refractivity contribution < 1.29 is 9.53 Å². The molecule has 0 unspecified atom stereocenters. The summed E-state index contributed by atoms with van der Waals surface area (Å²) in [6.07, 6.45) is 0.0683. The van der Waals surface area contributed by atoms with Gasteiger partial charge >= 0.3 is 6.03 Å². The molecule has 1 aromatic carbocycles. The molecule has 0 fully saturated rings. The number of benzene rings is 1. The number of carbonyl (C=O) groups excluding carboxylic acids is 1. The zero-order valence-electron chi connectivity index (χ0n) is 11.5. The summed E-state index contributed by atoms with van der Waals surface area (Å²) in [5.74, 6) is 0.763. The molecule has 0 saturated heterocycles. The van der Waals surface area contributed by atoms with Crippen LogP contribution >= 0.6 is 27.3 Å². The molecule has 0 bridgehead atoms. The van der Waals surface area contributed by atoms with E-state index in [0.29, 0.717) is 11.7 Å². The van der Waals surface area contributed by atoms with Gasteiger partial charge in [-0.05, 0) is 48.8 Å². The van der Waals surface area contributed by atoms with Crippen molar-refractivity contribution in [3.63, 3.8) is 0 Å². The second-order valence-electron chi connectivity index (χ2n) is 4.39. The van der Waals surface area contributed by atoms with Crippen molar-refractivity contribution in [2.24, 2.45) is 0 Å². The Morgan fingerprint density at radius 1 is 1.50 bits per heavy atom. The first kappa shape index (κ1) is 15.1. The van der Waals surface area contributed by atoms with Gasteiger partial charge in [0, 0.05) is 6.54 Å². The van der Waals surface area contributed by atoms with Gasteiger partial charge in [0.2, 0.25) is 0 Å². The highest BCUT2D eigenvalue weighted by atomic mass is 79.9. The number of nitrogens with one attached hydrogen (secondary N) is 2. The number of carbonyl (C=O) groups is 1. The zero-order valence-corrected chi connectivity index (χ0v) is 13.9. The fourth-order valence-electron chi connectivity index (χ4n) is 1.64. The lowest BCUT2D eigenvalue weighted by Gasteiger charge is -2.11. The summed E-state index contributed by atoms with van der Waals surface area (Å²) in [7, 11) is 0. The average Bonchev–Trinajstić information content (AvgIpc) is 2.75. The van der Waals surface area contributed by atoms with Crippen LogP contribution in [0.4, 0.5) is 9.93 Å². The minimum atomic E-state index is -0.253. The van der Waals surface area contributed by atoms with E-state index in [1.54, 1.807) is 0 Å². The highest BCUT2D eigenvalue weighted by Crippen LogP contribution is 2.39. The number of ether oxygens (including phenoxy) is 1. The number of thiazole rings is 1. The molecular weight excluding hydrogens is 342 g/mol. The van der Waals surface area contributed by atoms with E-state index < -0.39 is 0 Å². The van der Waals surface area contributed by atoms with Crippen LogP contribution in [0.3, 0.4) is 0 Å². The van der Waals surface area contributed by atoms with Gasteiger partial charge in [0.15, 0.2) is 10.9 Å². The standard InChI is InChI=1S/C13H16BrN3O2S/c1-4-15-12(18)17-13-16-9-6-5-8(14)10(11(9)20-13)19-7(2)3/h5-7H,4H2,1-3H3,(H2,15,16,17,18). The lowest BCUT2D eigenvalue weighted by atomic mass is 10.3. The van der Waals surface area contributed by atoms with Crippen molar-refractivity contribution >= 4 is 48.6 Å². The number of nitrogens with zero attached hydrogens (tertiary/aromatic N) is 1. The molecule has 0 aliphatic rings. The smallest absolute Gasteiger partial charge is 0.321 e. The minimum Gasteiger partial charge on any atom is -0.488 e. The number of anilines is 1. The summed E-state index contributed by atoms with van der Waals surface area (Å²) in [5.41, 5.74) is 0.806. The van der Waals surface area contributed by atoms with Crippen LogP contribution in [0.25, 0.3) is 10.2 Å². The molecule has 108 valence electrons. The van der Waals surface area contributed by atoms with Gasteiger partial charge in [-0.25, -0.2) is 9.78 Å². The number of hydrogen-bond donors (Lipinski definition) is 2. The Hall–Kier alpha value is -1.34. The Kier molecular flexibility index (Phi) is 4.82. The van der Waals surface area contributed by atoms with E-state index >= 15 is 0 Å². The summed E-state index contributed by atoms with van der Waals surface area (Å²) < 4.78 is 7.62. The molecule has 0 aliphatic carbocycles. The van der Waals surface area contributed by atoms with Crippen LogP contribution in [0.15, 0.2) is 16.6 Å². The van der Waals surface area contributed by atoms with Crippen molar-refractivity contribution in [3.8, 4) is 5.75 Å². The molecule has 0 spiro atoms. The molecular formula is C13H16BrN3O2S. The van der Waals surface area contributed by atoms with Crippen molar-refractivity contribution in [2.45, 2.75) is 26.9 Å². The van der Waals surface area contributed by atoms with Crippen LogP contribution in [-0.4, -0.2) is 23.7 Å². The summed E-state index contributed by atoms with van der Waals surface area (Å²) in [6.45, 7) is 6.38. The lowest BCUT2D eigenvalue weighted by molar-refractivity contribution is 0.244. The molecule has 0 radical (unpaired) electrons. The van der Waals surface area contributed by atoms with E-state index in [0.717, 1.165) is 20.4 Å². The number of aromatic nitrogens is 1. The van der Waals surface area contributed by atoms with Gasteiger partial charge in [-0.15, -0.1) is 0 Å². The minimum absolute atomic E-state index is 0.0683. The molecule has 5 nitrogen and oxygen atoms in total. The fraction of sp³-hybridized carbons (Fsp3) is 0.385. The van der Waals surface area contributed by atoms with Gasteiger partial charge < -0.3 is 10.1 Å². The first-order chi connectivity index (χ1) is 9.51. The van der Waals surface area contributed by atoms with Crippen molar-refractivity contribution in [1.29, 1.82) is 0 Å². The maximum absolute atomic E-state index is 11.5. The van der Waals surface area contributed by atoms with E-state index in [4.69, 9.17) is 4.74 Å². The van der Waals surface area contributed by atoms with Gasteiger partial charge in [0.1, 0.15) is 0 Å². The second kappa shape index (κ2) is 6.41. The summed E-state index contributed by atoms with van der Waals surface area (Å²) in [5, 5.41) is 5.94. The van der Waals surface area contributed by atoms with Gasteiger partial charge in [0.25, 0.3) is 0 Å². The lowest BCUT2D eigenvalue weighted by Crippen LogP contribution is -2.28. The molecule has 2 aromatic rings. The molecule has 0 atom stereocenters. The van der Waals surface area contributed by atoms with Crippen LogP contribution in [0.5, 0.6) is 5.75 Å². The van der Waals surface area contributed by atoms with E-state index in [2.05, 4.69) is 31.5 Å². The Morgan fingerprint density at radius 2 is 2.25 bits per heavy atom. The summed E-state index contributed by atoms with van der Waals surface area (Å²) in [6, 6.07) is 3.54. The summed E-state index contributed by atoms with van der Waals surface area (Å²) >= 11 is 4.88. The molecule has 0 aliphatic heterocycles. The Labute approximate surface area is 129 Å². The molecule has 7 heteroatoms. The molecule has 2 rings (SSSR count). The molecule has 0 saturated carbocycles. The molecule has 2 amide bonds. The predicted molar refractivity (Wildman–Crippen MR) is 85.8 cm³/mol. The van der Waals surface area contributed by atoms with Gasteiger partial charge in [-0.3, -0.25) is 5.32 Å². The number of halogens is 1. The maximum Gasteiger partial charge on any atom is 0.321 e. The van der Waals surface area contributed by atoms with E-state index in [1.807, 2.05) is 32.9 Å². The Morgan fingerprint density at radius 3 is 2.90 bits per heavy atom. The first-order valence-corrected chi connectivity index (χ1v) is 7.92. The number of hydrogen-bond acceptors (Lipinski definition) is 4. The van der Waals surface area contributed by atoms with E-state index in [1.165, 1.54) is 11.3 Å². The molecule has 1 heterocycles. The number of amides is 2. The van der Waals surface area contributed by atoms with Crippen LogP contribution in [0.1, 0.15) is 20.8 Å². The maximum atomic E-state index is 11.5. The molecule has 20 heavy (non-hydrogen) atoms. The van der Waals surface area contributed by atoms with Gasteiger partial charge in [-0.2, -0.15) is 0 Å². The molecule has 2 N–H and O–H groups in total. The number of fused-ring (bicyclic) bond motifs is 1. The third-order valence-electron chi connectivity index (χ3n) is 2.38. The number of urea groups is 1. The third kappa shape index (κ3) is 3.40. The van der Waals surface area contributed by atoms with Gasteiger partial charge in [0.05, 0.1) is 20.8 Å². The second-order valence-corrected chi connectivity index (χ2v) is 6.25. The zero-order chi connectivity index (χ0) is 14.7. The Bertz CT molecular complexity index is 627. The molecule has 1 aromatic heterocycles. The topological polar surface area (TPSA) is 63.2 Å². The van der Waals surface area contributed by atoms with Gasteiger partial charge in [-0.1, -0.05) is 11.3 Å². The largest absolute Gasteiger partial charge is 0.488 e. The normalized spacial score (nSPS) is 10.8. The first-order valence-electron chi connectivity index (χ1n) is 6.31. The van der Waals surface area contributed by atoms with Crippen LogP contribution in [-0.2, 0) is 0 Å².